The minimum Gasteiger partial charge on any atom is -0.480 e. The van der Waals surface area contributed by atoms with Crippen LogP contribution >= 0.6 is 0 Å². The molecule has 3 aliphatic heterocycles. The number of esters is 1. The molecule has 7 nitrogen and oxygen atoms in total. The number of carboxylic acid groups (broad SMARTS) is 1. The number of allylic oxidation sites excluding steroid dienone is 1. The van der Waals surface area contributed by atoms with Crippen molar-refractivity contribution < 1.29 is 29.3 Å². The van der Waals surface area contributed by atoms with Gasteiger partial charge in [0.2, 0.25) is 0 Å². The lowest BCUT2D eigenvalue weighted by Crippen LogP contribution is -2.42. The number of hydrogen-bond donors (Lipinski definition) is 2. The highest BCUT2D eigenvalue weighted by molar-refractivity contribution is 5.77. The molecule has 3 heterocycles. The van der Waals surface area contributed by atoms with Crippen molar-refractivity contribution in [3.63, 3.8) is 0 Å². The van der Waals surface area contributed by atoms with E-state index in [1.165, 1.54) is 0 Å². The lowest BCUT2D eigenvalue weighted by atomic mass is 9.79. The molecule has 0 bridgehead atoms. The first kappa shape index (κ1) is 18.9. The van der Waals surface area contributed by atoms with E-state index in [1.807, 2.05) is 11.8 Å². The molecule has 3 saturated heterocycles. The molecule has 3 fully saturated rings. The molecule has 2 N–H and O–H groups in total. The van der Waals surface area contributed by atoms with E-state index in [0.717, 1.165) is 24.8 Å². The van der Waals surface area contributed by atoms with Crippen LogP contribution in [0.1, 0.15) is 46.0 Å². The van der Waals surface area contributed by atoms with Crippen LogP contribution in [0.3, 0.4) is 0 Å². The summed E-state index contributed by atoms with van der Waals surface area (Å²) < 4.78 is 11.7. The molecule has 7 heteroatoms. The Morgan fingerprint density at radius 2 is 2.22 bits per heavy atom. The Morgan fingerprint density at radius 3 is 2.96 bits per heavy atom. The van der Waals surface area contributed by atoms with Crippen LogP contribution in [0.2, 0.25) is 0 Å². The Bertz CT molecular complexity index is 663. The molecule has 0 saturated carbocycles. The maximum atomic E-state index is 12.7. The largest absolute Gasteiger partial charge is 0.480 e. The fourth-order valence-corrected chi connectivity index (χ4v) is 5.12. The average molecular weight is 379 g/mol. The second-order valence-electron chi connectivity index (χ2n) is 8.75. The summed E-state index contributed by atoms with van der Waals surface area (Å²) >= 11 is 0. The zero-order chi connectivity index (χ0) is 19.3. The molecular weight excluding hydrogens is 350 g/mol. The van der Waals surface area contributed by atoms with E-state index in [-0.39, 0.29) is 29.7 Å². The zero-order valence-corrected chi connectivity index (χ0v) is 16.0. The molecule has 27 heavy (non-hydrogen) atoms. The van der Waals surface area contributed by atoms with Crippen molar-refractivity contribution >= 4 is 11.9 Å². The minimum atomic E-state index is -0.835. The Morgan fingerprint density at radius 1 is 1.44 bits per heavy atom. The number of carboxylic acids is 1. The second-order valence-corrected chi connectivity index (χ2v) is 8.75. The molecule has 0 aromatic heterocycles. The topological polar surface area (TPSA) is 99.6 Å². The van der Waals surface area contributed by atoms with Crippen LogP contribution in [-0.4, -0.2) is 70.1 Å². The number of carbonyl (C=O) groups is 2. The van der Waals surface area contributed by atoms with E-state index in [0.29, 0.717) is 25.9 Å². The summed E-state index contributed by atoms with van der Waals surface area (Å²) in [6, 6.07) is -0.537. The number of epoxide rings is 1. The number of fused-ring (bicyclic) bond motifs is 3. The van der Waals surface area contributed by atoms with Gasteiger partial charge < -0.3 is 19.7 Å². The second kappa shape index (κ2) is 6.87. The van der Waals surface area contributed by atoms with Crippen molar-refractivity contribution in [3.8, 4) is 0 Å². The molecule has 4 aliphatic rings. The Balaban J connectivity index is 1.57. The van der Waals surface area contributed by atoms with Gasteiger partial charge in [-0.1, -0.05) is 6.08 Å². The van der Waals surface area contributed by atoms with Crippen LogP contribution in [0, 0.1) is 11.8 Å². The number of hydrogen-bond acceptors (Lipinski definition) is 6. The van der Waals surface area contributed by atoms with Gasteiger partial charge in [0.05, 0.1) is 17.6 Å². The third kappa shape index (κ3) is 3.41. The first-order valence-corrected chi connectivity index (χ1v) is 10.00. The third-order valence-electron chi connectivity index (χ3n) is 6.94. The Kier molecular flexibility index (Phi) is 4.81. The van der Waals surface area contributed by atoms with E-state index in [2.05, 4.69) is 13.0 Å². The van der Waals surface area contributed by atoms with Crippen molar-refractivity contribution in [1.29, 1.82) is 0 Å². The normalized spacial score (nSPS) is 46.8. The first-order valence-electron chi connectivity index (χ1n) is 10.00. The molecular formula is C20H29NO6. The molecule has 150 valence electrons. The third-order valence-corrected chi connectivity index (χ3v) is 6.94. The van der Waals surface area contributed by atoms with Gasteiger partial charge in [0.1, 0.15) is 18.2 Å². The van der Waals surface area contributed by atoms with Crippen molar-refractivity contribution in [2.75, 3.05) is 13.1 Å². The van der Waals surface area contributed by atoms with Crippen LogP contribution < -0.4 is 0 Å². The lowest BCUT2D eigenvalue weighted by Gasteiger charge is -2.28. The van der Waals surface area contributed by atoms with Gasteiger partial charge in [-0.25, -0.2) is 0 Å². The van der Waals surface area contributed by atoms with Crippen LogP contribution in [0.5, 0.6) is 0 Å². The monoisotopic (exact) mass is 379 g/mol. The summed E-state index contributed by atoms with van der Waals surface area (Å²) in [5, 5.41) is 20.1. The molecule has 0 aromatic rings. The number of nitrogens with zero attached hydrogens (tertiary/aromatic N) is 1. The van der Waals surface area contributed by atoms with Crippen molar-refractivity contribution in [2.24, 2.45) is 11.8 Å². The maximum Gasteiger partial charge on any atom is 0.320 e. The van der Waals surface area contributed by atoms with Gasteiger partial charge in [0.25, 0.3) is 0 Å². The molecule has 0 amide bonds. The molecule has 7 atom stereocenters. The summed E-state index contributed by atoms with van der Waals surface area (Å²) in [4.78, 5) is 26.1. The van der Waals surface area contributed by atoms with Gasteiger partial charge in [-0.2, -0.15) is 0 Å². The summed E-state index contributed by atoms with van der Waals surface area (Å²) in [5.74, 6) is -1.72. The number of carbonyl (C=O) groups excluding carboxylic acids is 1. The number of aliphatic hydroxyl groups excluding tert-OH is 1. The molecule has 0 unspecified atom stereocenters. The highest BCUT2D eigenvalue weighted by atomic mass is 16.6. The highest BCUT2D eigenvalue weighted by Crippen LogP contribution is 2.50. The summed E-state index contributed by atoms with van der Waals surface area (Å²) in [6.07, 6.45) is 4.47. The molecule has 0 radical (unpaired) electrons. The first-order chi connectivity index (χ1) is 12.8. The van der Waals surface area contributed by atoms with Crippen LogP contribution in [-0.2, 0) is 19.1 Å². The molecule has 4 rings (SSSR count). The summed E-state index contributed by atoms with van der Waals surface area (Å²) in [6.45, 7) is 5.02. The van der Waals surface area contributed by atoms with Crippen LogP contribution in [0.25, 0.3) is 0 Å². The van der Waals surface area contributed by atoms with E-state index < -0.39 is 24.0 Å². The number of likely N-dealkylation sites (tertiary alicyclic amines) is 1. The SMILES string of the molecule is C/C1=C\CC[C@@]2(C)O[C@H]2[C@H]2OC(=O)[C@@H](CN3CCC[C@@H]3C(=O)O)[C@@H]2C[C@@H]1O. The molecule has 1 aliphatic carbocycles. The van der Waals surface area contributed by atoms with Crippen molar-refractivity contribution in [1.82, 2.24) is 4.90 Å². The van der Waals surface area contributed by atoms with Gasteiger partial charge in [-0.15, -0.1) is 0 Å². The van der Waals surface area contributed by atoms with Crippen molar-refractivity contribution in [2.45, 2.75) is 75.9 Å². The van der Waals surface area contributed by atoms with Gasteiger partial charge in [-0.3, -0.25) is 14.5 Å². The molecule has 0 aromatic carbocycles. The quantitative estimate of drug-likeness (QED) is 0.434. The van der Waals surface area contributed by atoms with Gasteiger partial charge in [0.15, 0.2) is 0 Å². The van der Waals surface area contributed by atoms with Gasteiger partial charge in [0, 0.05) is 12.5 Å². The highest BCUT2D eigenvalue weighted by Gasteiger charge is 2.63. The van der Waals surface area contributed by atoms with E-state index in [9.17, 15) is 19.8 Å². The van der Waals surface area contributed by atoms with Gasteiger partial charge >= 0.3 is 11.9 Å². The fraction of sp³-hybridized carbons (Fsp3) is 0.800. The van der Waals surface area contributed by atoms with Gasteiger partial charge in [-0.05, 0) is 58.1 Å². The predicted molar refractivity (Wildman–Crippen MR) is 96.0 cm³/mol. The smallest absolute Gasteiger partial charge is 0.320 e. The molecule has 0 spiro atoms. The van der Waals surface area contributed by atoms with Crippen LogP contribution in [0.15, 0.2) is 11.6 Å². The summed E-state index contributed by atoms with van der Waals surface area (Å²) in [5.41, 5.74) is 0.633. The number of aliphatic hydroxyl groups is 1. The van der Waals surface area contributed by atoms with Crippen LogP contribution in [0.4, 0.5) is 0 Å². The summed E-state index contributed by atoms with van der Waals surface area (Å²) in [7, 11) is 0. The lowest BCUT2D eigenvalue weighted by molar-refractivity contribution is -0.147. The predicted octanol–water partition coefficient (Wildman–Crippen LogP) is 1.34. The van der Waals surface area contributed by atoms with E-state index in [4.69, 9.17) is 9.47 Å². The van der Waals surface area contributed by atoms with E-state index in [1.54, 1.807) is 0 Å². The zero-order valence-electron chi connectivity index (χ0n) is 16.0. The minimum absolute atomic E-state index is 0.135. The average Bonchev–Trinajstić information content (AvgIpc) is 2.93. The number of rotatable bonds is 3. The van der Waals surface area contributed by atoms with E-state index >= 15 is 0 Å². The Labute approximate surface area is 159 Å². The number of ether oxygens (including phenoxy) is 2. The maximum absolute atomic E-state index is 12.7. The van der Waals surface area contributed by atoms with Crippen molar-refractivity contribution in [3.05, 3.63) is 11.6 Å². The standard InChI is InChI=1S/C20H29NO6/c1-11-5-3-7-20(2)17(27-20)16-12(9-15(11)22)13(19(25)26-16)10-21-8-4-6-14(21)18(23)24/h5,12-17,22H,3-4,6-10H2,1-2H3,(H,23,24)/b11-5+/t12-,13-,14+,15-,16-,17-,20+/m0/s1. The fourth-order valence-electron chi connectivity index (χ4n) is 5.12. The number of aliphatic carboxylic acids is 1. The Hall–Kier alpha value is -1.44.